The Morgan fingerprint density at radius 3 is 0.625 bits per heavy atom. The van der Waals surface area contributed by atoms with E-state index in [0.717, 1.165) is 0 Å². The molecule has 0 aromatic heterocycles. The van der Waals surface area contributed by atoms with E-state index in [1.807, 2.05) is 0 Å². The molecule has 0 atom stereocenters. The van der Waals surface area contributed by atoms with Crippen molar-refractivity contribution in [2.24, 2.45) is 0 Å². The van der Waals surface area contributed by atoms with Crippen LogP contribution >= 0.6 is 37.2 Å². The van der Waals surface area contributed by atoms with Crippen molar-refractivity contribution >= 4 is 156 Å². The minimum atomic E-state index is 0. The van der Waals surface area contributed by atoms with Gasteiger partial charge in [0.2, 0.25) is 0 Å². The van der Waals surface area contributed by atoms with E-state index in [0.29, 0.717) is 0 Å². The van der Waals surface area contributed by atoms with E-state index >= 15 is 0 Å². The molecule has 0 aromatic rings. The first-order valence-corrected chi connectivity index (χ1v) is 0. The van der Waals surface area contributed by atoms with E-state index in [9.17, 15) is 0 Å². The van der Waals surface area contributed by atoms with Crippen molar-refractivity contribution in [3.63, 3.8) is 0 Å². The van der Waals surface area contributed by atoms with Gasteiger partial charge in [-0.1, -0.05) is 0 Å². The topological polar surface area (TPSA) is 63.0 Å². The molecule has 0 heterocycles. The molecule has 8 heavy (non-hydrogen) atoms. The average Bonchev–Trinajstić information content (AvgIpc) is 0. The molecule has 0 saturated carbocycles. The average molecular weight is 252 g/mol. The van der Waals surface area contributed by atoms with Crippen molar-refractivity contribution in [1.82, 2.24) is 0 Å². The number of halogens is 3. The molecule has 0 fully saturated rings. The molecule has 0 aliphatic carbocycles. The standard InChI is InChI=1S/Ca.3ClH.K.Na.2H2O.4H/h;3*1H;;;2*1H2;;;;. The molecule has 0 radical (unpaired) electrons. The van der Waals surface area contributed by atoms with Gasteiger partial charge in [0.05, 0.1) is 0 Å². The van der Waals surface area contributed by atoms with E-state index in [-0.39, 0.29) is 167 Å². The number of hydrogen-bond acceptors (Lipinski definition) is 0. The fourth-order valence-electron chi connectivity index (χ4n) is 0. The van der Waals surface area contributed by atoms with Crippen LogP contribution < -0.4 is 0 Å². The zero-order chi connectivity index (χ0) is 0. The zero-order valence-electron chi connectivity index (χ0n) is 2.22. The van der Waals surface area contributed by atoms with Gasteiger partial charge >= 0.3 is 119 Å². The Balaban J connectivity index is 0. The molecular weight excluding hydrogens is 241 g/mol. The van der Waals surface area contributed by atoms with E-state index < -0.39 is 0 Å². The molecule has 0 amide bonds. The molecule has 48 valence electrons. The summed E-state index contributed by atoms with van der Waals surface area (Å²) in [7, 11) is 0. The Hall–Kier alpha value is 4.69. The van der Waals surface area contributed by atoms with Gasteiger partial charge < -0.3 is 11.0 Å². The fourth-order valence-corrected chi connectivity index (χ4v) is 0. The maximum absolute atomic E-state index is 0. The summed E-state index contributed by atoms with van der Waals surface area (Å²) in [5.41, 5.74) is 0. The van der Waals surface area contributed by atoms with E-state index in [2.05, 4.69) is 0 Å². The summed E-state index contributed by atoms with van der Waals surface area (Å²) in [6.45, 7) is 0. The molecule has 2 nitrogen and oxygen atoms in total. The Morgan fingerprint density at radius 1 is 0.625 bits per heavy atom. The van der Waals surface area contributed by atoms with Crippen molar-refractivity contribution in [2.45, 2.75) is 0 Å². The van der Waals surface area contributed by atoms with E-state index in [1.165, 1.54) is 0 Å². The summed E-state index contributed by atoms with van der Waals surface area (Å²) in [6.07, 6.45) is 0. The van der Waals surface area contributed by atoms with Crippen molar-refractivity contribution in [1.29, 1.82) is 0 Å². The van der Waals surface area contributed by atoms with Crippen LogP contribution in [0.5, 0.6) is 0 Å². The molecule has 4 N–H and O–H groups in total. The third-order valence-electron chi connectivity index (χ3n) is 0. The minimum absolute atomic E-state index is 0. The van der Waals surface area contributed by atoms with Crippen LogP contribution in [0.25, 0.3) is 0 Å². The molecule has 0 aliphatic rings. The van der Waals surface area contributed by atoms with Gasteiger partial charge in [0.25, 0.3) is 0 Å². The summed E-state index contributed by atoms with van der Waals surface area (Å²) in [5.74, 6) is 0. The van der Waals surface area contributed by atoms with E-state index in [4.69, 9.17) is 0 Å². The molecule has 0 saturated heterocycles. The molecule has 0 unspecified atom stereocenters. The van der Waals surface area contributed by atoms with Crippen LogP contribution in [-0.4, -0.2) is 130 Å². The SMILES string of the molecule is Cl.Cl.Cl.O.O.[CaH2].[KH].[NaH]. The fraction of sp³-hybridized carbons (Fsp3) is 0. The molecule has 8 heteroatoms. The van der Waals surface area contributed by atoms with Gasteiger partial charge in [0.1, 0.15) is 0 Å². The molecule has 0 bridgehead atoms. The van der Waals surface area contributed by atoms with Gasteiger partial charge in [-0.25, -0.2) is 0 Å². The quantitative estimate of drug-likeness (QED) is 0.424. The van der Waals surface area contributed by atoms with Crippen LogP contribution in [0, 0.1) is 0 Å². The van der Waals surface area contributed by atoms with Gasteiger partial charge in [-0.3, -0.25) is 0 Å². The maximum atomic E-state index is 0. The van der Waals surface area contributed by atoms with Gasteiger partial charge in [-0.2, -0.15) is 0 Å². The zero-order valence-corrected chi connectivity index (χ0v) is 4.67. The first-order chi connectivity index (χ1) is 0. The second-order valence-corrected chi connectivity index (χ2v) is 0. The van der Waals surface area contributed by atoms with Crippen molar-refractivity contribution in [3.05, 3.63) is 0 Å². The van der Waals surface area contributed by atoms with Crippen LogP contribution in [0.1, 0.15) is 0 Å². The summed E-state index contributed by atoms with van der Waals surface area (Å²) in [4.78, 5) is 0. The Labute approximate surface area is 162 Å². The normalized spacial score (nSPS) is 0. The first-order valence-electron chi connectivity index (χ1n) is 0. The summed E-state index contributed by atoms with van der Waals surface area (Å²) >= 11 is 0. The molecular formula is H11CaCl3KNaO2. The Morgan fingerprint density at radius 2 is 0.625 bits per heavy atom. The van der Waals surface area contributed by atoms with Crippen LogP contribution in [0.4, 0.5) is 0 Å². The van der Waals surface area contributed by atoms with E-state index in [1.54, 1.807) is 0 Å². The van der Waals surface area contributed by atoms with Crippen LogP contribution in [0.15, 0.2) is 0 Å². The van der Waals surface area contributed by atoms with Gasteiger partial charge in [0, 0.05) is 0 Å². The summed E-state index contributed by atoms with van der Waals surface area (Å²) in [6, 6.07) is 0. The molecule has 0 aromatic carbocycles. The van der Waals surface area contributed by atoms with Gasteiger partial charge in [0.15, 0.2) is 0 Å². The van der Waals surface area contributed by atoms with Crippen molar-refractivity contribution < 1.29 is 11.0 Å². The second-order valence-electron chi connectivity index (χ2n) is 0. The second kappa shape index (κ2) is 60.8. The van der Waals surface area contributed by atoms with Gasteiger partial charge in [-0.15, -0.1) is 37.2 Å². The summed E-state index contributed by atoms with van der Waals surface area (Å²) < 4.78 is 0. The monoisotopic (exact) mass is 250 g/mol. The third kappa shape index (κ3) is 45.7. The number of hydrogen-bond donors (Lipinski definition) is 0. The van der Waals surface area contributed by atoms with Crippen LogP contribution in [0.2, 0.25) is 0 Å². The number of rotatable bonds is 0. The first kappa shape index (κ1) is 78.9. The Kier molecular flexibility index (Phi) is 599. The molecule has 0 aliphatic heterocycles. The van der Waals surface area contributed by atoms with Crippen LogP contribution in [-0.2, 0) is 0 Å². The predicted molar refractivity (Wildman–Crippen MR) is 51.8 cm³/mol. The summed E-state index contributed by atoms with van der Waals surface area (Å²) in [5, 5.41) is 0. The predicted octanol–water partition coefficient (Wildman–Crippen LogP) is -2.60. The molecule has 0 spiro atoms. The van der Waals surface area contributed by atoms with Gasteiger partial charge in [-0.05, 0) is 0 Å². The van der Waals surface area contributed by atoms with Crippen molar-refractivity contribution in [3.8, 4) is 0 Å². The molecule has 0 rings (SSSR count). The van der Waals surface area contributed by atoms with Crippen LogP contribution in [0.3, 0.4) is 0 Å². The third-order valence-corrected chi connectivity index (χ3v) is 0. The Bertz CT molecular complexity index is 17.2. The van der Waals surface area contributed by atoms with Crippen molar-refractivity contribution in [2.75, 3.05) is 0 Å².